The van der Waals surface area contributed by atoms with Crippen molar-refractivity contribution in [2.24, 2.45) is 0 Å². The van der Waals surface area contributed by atoms with Gasteiger partial charge in [-0.25, -0.2) is 9.69 Å². The SMILES string of the molecule is O=C(C[C@H](c1ccccc1)c1cc(Br)ccc1OCc1ccccc1)N1C(=O)OC[C@H]1c1ccccc1. The third-order valence-electron chi connectivity index (χ3n) is 6.49. The first-order valence-electron chi connectivity index (χ1n) is 12.1. The van der Waals surface area contributed by atoms with Gasteiger partial charge in [0.25, 0.3) is 0 Å². The Morgan fingerprint density at radius 2 is 1.57 bits per heavy atom. The molecule has 4 aromatic carbocycles. The van der Waals surface area contributed by atoms with E-state index in [0.717, 1.165) is 26.7 Å². The van der Waals surface area contributed by atoms with Gasteiger partial charge in [0.2, 0.25) is 5.91 Å². The molecule has 0 saturated carbocycles. The Balaban J connectivity index is 1.47. The Labute approximate surface area is 224 Å². The maximum Gasteiger partial charge on any atom is 0.417 e. The highest BCUT2D eigenvalue weighted by molar-refractivity contribution is 9.10. The van der Waals surface area contributed by atoms with Gasteiger partial charge in [0.15, 0.2) is 0 Å². The second-order valence-corrected chi connectivity index (χ2v) is 9.81. The fourth-order valence-electron chi connectivity index (χ4n) is 4.64. The van der Waals surface area contributed by atoms with Gasteiger partial charge in [0.1, 0.15) is 25.0 Å². The van der Waals surface area contributed by atoms with Crippen LogP contribution < -0.4 is 4.74 Å². The lowest BCUT2D eigenvalue weighted by Crippen LogP contribution is -2.35. The fourth-order valence-corrected chi connectivity index (χ4v) is 5.02. The number of carbonyl (C=O) groups is 2. The van der Waals surface area contributed by atoms with Crippen LogP contribution in [0.3, 0.4) is 0 Å². The summed E-state index contributed by atoms with van der Waals surface area (Å²) >= 11 is 3.59. The van der Waals surface area contributed by atoms with Crippen molar-refractivity contribution in [1.82, 2.24) is 4.90 Å². The van der Waals surface area contributed by atoms with E-state index in [4.69, 9.17) is 9.47 Å². The van der Waals surface area contributed by atoms with Crippen LogP contribution in [-0.2, 0) is 16.1 Å². The molecule has 0 aromatic heterocycles. The molecule has 2 atom stereocenters. The predicted octanol–water partition coefficient (Wildman–Crippen LogP) is 7.27. The first-order chi connectivity index (χ1) is 18.1. The Bertz CT molecular complexity index is 1360. The summed E-state index contributed by atoms with van der Waals surface area (Å²) in [5.41, 5.74) is 3.75. The number of nitrogens with zero attached hydrogens (tertiary/aromatic N) is 1. The molecule has 1 heterocycles. The van der Waals surface area contributed by atoms with E-state index in [2.05, 4.69) is 15.9 Å². The molecule has 1 aliphatic rings. The molecule has 4 aromatic rings. The van der Waals surface area contributed by atoms with Crippen LogP contribution in [0.4, 0.5) is 4.79 Å². The molecule has 5 rings (SSSR count). The van der Waals surface area contributed by atoms with Crippen molar-refractivity contribution in [3.63, 3.8) is 0 Å². The quantitative estimate of drug-likeness (QED) is 0.229. The average Bonchev–Trinajstić information content (AvgIpc) is 3.34. The molecule has 5 nitrogen and oxygen atoms in total. The van der Waals surface area contributed by atoms with Crippen LogP contribution in [0.25, 0.3) is 0 Å². The summed E-state index contributed by atoms with van der Waals surface area (Å²) in [6, 6.07) is 34.7. The number of benzene rings is 4. The topological polar surface area (TPSA) is 55.8 Å². The van der Waals surface area contributed by atoms with Crippen molar-refractivity contribution in [3.05, 3.63) is 136 Å². The Kier molecular flexibility index (Phi) is 7.66. The van der Waals surface area contributed by atoms with Crippen LogP contribution in [0, 0.1) is 0 Å². The minimum Gasteiger partial charge on any atom is -0.489 e. The number of cyclic esters (lactones) is 1. The number of hydrogen-bond donors (Lipinski definition) is 0. The lowest BCUT2D eigenvalue weighted by molar-refractivity contribution is -0.129. The van der Waals surface area contributed by atoms with Crippen LogP contribution in [0.15, 0.2) is 114 Å². The van der Waals surface area contributed by atoms with Crippen LogP contribution in [-0.4, -0.2) is 23.5 Å². The highest BCUT2D eigenvalue weighted by Gasteiger charge is 2.40. The standard InChI is InChI=1S/C31H26BrNO4/c32-25-16-17-29(36-20-22-10-4-1-5-11-22)27(18-25)26(23-12-6-2-7-13-23)19-30(34)33-28(21-37-31(33)35)24-14-8-3-9-15-24/h1-18,26,28H,19-21H2/t26-,28+/m1/s1. The Morgan fingerprint density at radius 3 is 2.27 bits per heavy atom. The summed E-state index contributed by atoms with van der Waals surface area (Å²) in [4.78, 5) is 27.7. The van der Waals surface area contributed by atoms with Gasteiger partial charge < -0.3 is 9.47 Å². The molecule has 1 aliphatic heterocycles. The Hall–Kier alpha value is -3.90. The van der Waals surface area contributed by atoms with E-state index in [-0.39, 0.29) is 24.9 Å². The highest BCUT2D eigenvalue weighted by Crippen LogP contribution is 2.38. The van der Waals surface area contributed by atoms with Gasteiger partial charge >= 0.3 is 6.09 Å². The van der Waals surface area contributed by atoms with E-state index in [1.807, 2.05) is 109 Å². The van der Waals surface area contributed by atoms with Gasteiger partial charge in [0.05, 0.1) is 0 Å². The molecule has 0 bridgehead atoms. The molecule has 6 heteroatoms. The summed E-state index contributed by atoms with van der Waals surface area (Å²) in [6.07, 6.45) is -0.527. The molecule has 2 amide bonds. The summed E-state index contributed by atoms with van der Waals surface area (Å²) in [5, 5.41) is 0. The molecule has 186 valence electrons. The summed E-state index contributed by atoms with van der Waals surface area (Å²) in [6.45, 7) is 0.548. The number of hydrogen-bond acceptors (Lipinski definition) is 4. The van der Waals surface area contributed by atoms with Crippen LogP contribution in [0.1, 0.15) is 40.6 Å². The first-order valence-corrected chi connectivity index (χ1v) is 12.9. The number of ether oxygens (including phenoxy) is 2. The van der Waals surface area contributed by atoms with E-state index in [9.17, 15) is 9.59 Å². The fraction of sp³-hybridized carbons (Fsp3) is 0.161. The van der Waals surface area contributed by atoms with Crippen molar-refractivity contribution in [1.29, 1.82) is 0 Å². The zero-order valence-electron chi connectivity index (χ0n) is 20.1. The molecule has 1 saturated heterocycles. The number of imide groups is 1. The highest BCUT2D eigenvalue weighted by atomic mass is 79.9. The molecular formula is C31H26BrNO4. The van der Waals surface area contributed by atoms with Crippen LogP contribution in [0.5, 0.6) is 5.75 Å². The molecule has 0 N–H and O–H groups in total. The van der Waals surface area contributed by atoms with Gasteiger partial charge in [-0.05, 0) is 34.9 Å². The smallest absolute Gasteiger partial charge is 0.417 e. The first kappa shape index (κ1) is 24.8. The Morgan fingerprint density at radius 1 is 0.919 bits per heavy atom. The number of amides is 2. The van der Waals surface area contributed by atoms with Crippen molar-refractivity contribution < 1.29 is 19.1 Å². The normalized spacial score (nSPS) is 15.8. The van der Waals surface area contributed by atoms with Crippen molar-refractivity contribution >= 4 is 27.9 Å². The van der Waals surface area contributed by atoms with E-state index < -0.39 is 12.1 Å². The summed E-state index contributed by atoms with van der Waals surface area (Å²) < 4.78 is 12.5. The largest absolute Gasteiger partial charge is 0.489 e. The molecule has 0 unspecified atom stereocenters. The lowest BCUT2D eigenvalue weighted by Gasteiger charge is -2.25. The average molecular weight is 556 g/mol. The van der Waals surface area contributed by atoms with Gasteiger partial charge in [0, 0.05) is 22.4 Å². The summed E-state index contributed by atoms with van der Waals surface area (Å²) in [7, 11) is 0. The second-order valence-electron chi connectivity index (χ2n) is 8.89. The summed E-state index contributed by atoms with van der Waals surface area (Å²) in [5.74, 6) is 0.0679. The molecule has 1 fully saturated rings. The zero-order chi connectivity index (χ0) is 25.6. The van der Waals surface area contributed by atoms with Crippen LogP contribution in [0.2, 0.25) is 0 Å². The molecular weight excluding hydrogens is 530 g/mol. The maximum atomic E-state index is 13.7. The van der Waals surface area contributed by atoms with Gasteiger partial charge in [-0.15, -0.1) is 0 Å². The zero-order valence-corrected chi connectivity index (χ0v) is 21.7. The van der Waals surface area contributed by atoms with Crippen molar-refractivity contribution in [2.45, 2.75) is 25.0 Å². The number of carbonyl (C=O) groups excluding carboxylic acids is 2. The van der Waals surface area contributed by atoms with Gasteiger partial charge in [-0.1, -0.05) is 107 Å². The number of rotatable bonds is 8. The number of halogens is 1. The molecule has 0 spiro atoms. The third-order valence-corrected chi connectivity index (χ3v) is 6.98. The maximum absolute atomic E-state index is 13.7. The monoisotopic (exact) mass is 555 g/mol. The van der Waals surface area contributed by atoms with Gasteiger partial charge in [-0.2, -0.15) is 0 Å². The molecule has 0 aliphatic carbocycles. The predicted molar refractivity (Wildman–Crippen MR) is 145 cm³/mol. The molecule has 0 radical (unpaired) electrons. The van der Waals surface area contributed by atoms with Crippen molar-refractivity contribution in [2.75, 3.05) is 6.61 Å². The van der Waals surface area contributed by atoms with E-state index in [0.29, 0.717) is 12.4 Å². The van der Waals surface area contributed by atoms with Crippen molar-refractivity contribution in [3.8, 4) is 5.75 Å². The third kappa shape index (κ3) is 5.75. The van der Waals surface area contributed by atoms with E-state index in [1.165, 1.54) is 4.90 Å². The van der Waals surface area contributed by atoms with Crippen LogP contribution >= 0.6 is 15.9 Å². The van der Waals surface area contributed by atoms with E-state index >= 15 is 0 Å². The second kappa shape index (κ2) is 11.4. The van der Waals surface area contributed by atoms with Gasteiger partial charge in [-0.3, -0.25) is 4.79 Å². The lowest BCUT2D eigenvalue weighted by atomic mass is 9.87. The minimum absolute atomic E-state index is 0.0839. The minimum atomic E-state index is -0.611. The molecule has 37 heavy (non-hydrogen) atoms. The van der Waals surface area contributed by atoms with E-state index in [1.54, 1.807) is 0 Å².